The molecule has 25 heavy (non-hydrogen) atoms. The largest absolute Gasteiger partial charge is 0.447 e. The minimum atomic E-state index is -0.478. The summed E-state index contributed by atoms with van der Waals surface area (Å²) in [6, 6.07) is 0. The van der Waals surface area contributed by atoms with Crippen LogP contribution in [0.25, 0.3) is 0 Å². The molecule has 0 aromatic heterocycles. The lowest BCUT2D eigenvalue weighted by Gasteiger charge is -2.24. The molecule has 0 aliphatic heterocycles. The molecule has 0 aliphatic carbocycles. The molecule has 0 bridgehead atoms. The molecule has 0 saturated carbocycles. The van der Waals surface area contributed by atoms with Gasteiger partial charge in [-0.2, -0.15) is 5.82 Å². The van der Waals surface area contributed by atoms with Gasteiger partial charge in [0.25, 0.3) is 0 Å². The molecule has 0 atom stereocenters. The van der Waals surface area contributed by atoms with Gasteiger partial charge < -0.3 is 19.5 Å². The van der Waals surface area contributed by atoms with E-state index < -0.39 is 6.09 Å². The van der Waals surface area contributed by atoms with E-state index in [1.165, 1.54) is 12.8 Å². The van der Waals surface area contributed by atoms with Crippen molar-refractivity contribution in [3.05, 3.63) is 0 Å². The minimum absolute atomic E-state index is 0.229. The van der Waals surface area contributed by atoms with Crippen LogP contribution < -0.4 is 5.32 Å². The molecule has 142 valence electrons. The van der Waals surface area contributed by atoms with Crippen molar-refractivity contribution in [2.75, 3.05) is 38.9 Å². The Kier molecular flexibility index (Phi) is 15.4. The van der Waals surface area contributed by atoms with Crippen molar-refractivity contribution in [3.8, 4) is 11.7 Å². The summed E-state index contributed by atoms with van der Waals surface area (Å²) in [5.74, 6) is 6.10. The molecule has 2 radical (unpaired) electrons. The molecule has 0 saturated heterocycles. The lowest BCUT2D eigenvalue weighted by atomic mass is 10.0. The normalized spacial score (nSPS) is 11.1. The fourth-order valence-corrected chi connectivity index (χ4v) is 3.90. The van der Waals surface area contributed by atoms with Gasteiger partial charge in [0, 0.05) is 11.3 Å². The van der Waals surface area contributed by atoms with Gasteiger partial charge in [0.2, 0.25) is 0 Å². The highest BCUT2D eigenvalue weighted by molar-refractivity contribution is 8.77. The van der Waals surface area contributed by atoms with Crippen molar-refractivity contribution >= 4 is 35.5 Å². The van der Waals surface area contributed by atoms with E-state index in [2.05, 4.69) is 44.8 Å². The van der Waals surface area contributed by atoms with Gasteiger partial charge in [0.15, 0.2) is 7.85 Å². The third kappa shape index (κ3) is 18.1. The first kappa shape index (κ1) is 24.5. The van der Waals surface area contributed by atoms with Crippen LogP contribution in [-0.4, -0.2) is 57.6 Å². The van der Waals surface area contributed by atoms with Crippen molar-refractivity contribution in [1.82, 2.24) is 5.32 Å². The third-order valence-corrected chi connectivity index (χ3v) is 6.02. The Morgan fingerprint density at radius 1 is 1.24 bits per heavy atom. The molecule has 8 heteroatoms. The van der Waals surface area contributed by atoms with Gasteiger partial charge in [-0.25, -0.2) is 4.79 Å². The van der Waals surface area contributed by atoms with Gasteiger partial charge in [-0.15, -0.1) is 0 Å². The van der Waals surface area contributed by atoms with Crippen LogP contribution in [0.2, 0.25) is 0 Å². The van der Waals surface area contributed by atoms with Gasteiger partial charge in [-0.1, -0.05) is 41.4 Å². The van der Waals surface area contributed by atoms with Gasteiger partial charge in [0.1, 0.15) is 19.2 Å². The van der Waals surface area contributed by atoms with Crippen LogP contribution in [0.3, 0.4) is 0 Å². The minimum Gasteiger partial charge on any atom is -0.447 e. The number of amides is 1. The summed E-state index contributed by atoms with van der Waals surface area (Å²) in [5.41, 5.74) is 0. The molecule has 0 aromatic rings. The summed E-state index contributed by atoms with van der Waals surface area (Å²) < 4.78 is 15.8. The highest BCUT2D eigenvalue weighted by Crippen LogP contribution is 2.39. The van der Waals surface area contributed by atoms with Gasteiger partial charge in [-0.05, 0) is 32.6 Å². The number of alkyl carbamates (subject to hydrolysis) is 1. The highest BCUT2D eigenvalue weighted by atomic mass is 33.1. The van der Waals surface area contributed by atoms with E-state index in [1.807, 2.05) is 10.8 Å². The summed E-state index contributed by atoms with van der Waals surface area (Å²) in [6.45, 7) is 10.6. The molecule has 1 N–H and O–H groups in total. The van der Waals surface area contributed by atoms with Crippen molar-refractivity contribution in [2.45, 2.75) is 45.3 Å². The predicted molar refractivity (Wildman–Crippen MR) is 108 cm³/mol. The first-order valence-corrected chi connectivity index (χ1v) is 10.7. The maximum Gasteiger partial charge on any atom is 0.407 e. The quantitative estimate of drug-likeness (QED) is 0.162. The smallest absolute Gasteiger partial charge is 0.407 e. The van der Waals surface area contributed by atoms with E-state index in [0.717, 1.165) is 5.92 Å². The molecule has 1 amide bonds. The molecule has 0 aliphatic rings. The van der Waals surface area contributed by atoms with E-state index >= 15 is 0 Å². The van der Waals surface area contributed by atoms with Crippen molar-refractivity contribution < 1.29 is 19.0 Å². The molecule has 0 spiro atoms. The molecular weight excluding hydrogens is 357 g/mol. The Bertz CT molecular complexity index is 411. The van der Waals surface area contributed by atoms with Crippen LogP contribution in [-0.2, 0) is 14.2 Å². The number of carbonyl (C=O) groups is 1. The Morgan fingerprint density at radius 3 is 2.68 bits per heavy atom. The number of hydrogen-bond acceptors (Lipinski definition) is 6. The van der Waals surface area contributed by atoms with Gasteiger partial charge in [-0.3, -0.25) is 0 Å². The van der Waals surface area contributed by atoms with Crippen LogP contribution in [0.4, 0.5) is 4.79 Å². The molecule has 0 heterocycles. The van der Waals surface area contributed by atoms with E-state index in [4.69, 9.17) is 22.1 Å². The average molecular weight is 387 g/mol. The van der Waals surface area contributed by atoms with Crippen LogP contribution in [0.15, 0.2) is 0 Å². The first-order chi connectivity index (χ1) is 11.9. The summed E-state index contributed by atoms with van der Waals surface area (Å²) in [4.78, 5) is 11.4. The number of ether oxygens (including phenoxy) is 3. The number of carbonyl (C=O) groups excluding carboxylic acids is 1. The lowest BCUT2D eigenvalue weighted by molar-refractivity contribution is 0.0908. The second kappa shape index (κ2) is 15.7. The van der Waals surface area contributed by atoms with Gasteiger partial charge in [0.05, 0.1) is 13.2 Å². The molecule has 0 rings (SSSR count). The zero-order valence-corrected chi connectivity index (χ0v) is 17.4. The highest BCUT2D eigenvalue weighted by Gasteiger charge is 2.19. The SMILES string of the molecule is [B]C#CCOCCNC(=O)OCCOCSSC(C)(C)CCC(C)C. The second-order valence-electron chi connectivity index (χ2n) is 6.36. The van der Waals surface area contributed by atoms with Crippen molar-refractivity contribution in [2.24, 2.45) is 5.92 Å². The topological polar surface area (TPSA) is 56.8 Å². The average Bonchev–Trinajstić information content (AvgIpc) is 2.55. The molecular formula is C17H30BNO4S2. The third-order valence-electron chi connectivity index (χ3n) is 2.99. The first-order valence-electron chi connectivity index (χ1n) is 8.42. The monoisotopic (exact) mass is 387 g/mol. The summed E-state index contributed by atoms with van der Waals surface area (Å²) in [5, 5.41) is 2.57. The summed E-state index contributed by atoms with van der Waals surface area (Å²) >= 11 is 0. The van der Waals surface area contributed by atoms with E-state index in [9.17, 15) is 4.79 Å². The Labute approximate surface area is 161 Å². The fourth-order valence-electron chi connectivity index (χ4n) is 1.59. The predicted octanol–water partition coefficient (Wildman–Crippen LogP) is 3.43. The number of nitrogens with one attached hydrogen (secondary N) is 1. The Hall–Kier alpha value is -0.485. The fraction of sp³-hybridized carbons (Fsp3) is 0.824. The van der Waals surface area contributed by atoms with E-state index in [-0.39, 0.29) is 18.0 Å². The summed E-state index contributed by atoms with van der Waals surface area (Å²) in [6.07, 6.45) is 1.94. The Morgan fingerprint density at radius 2 is 2.00 bits per heavy atom. The number of hydrogen-bond donors (Lipinski definition) is 1. The molecule has 0 unspecified atom stereocenters. The molecule has 5 nitrogen and oxygen atoms in total. The van der Waals surface area contributed by atoms with Crippen molar-refractivity contribution in [3.63, 3.8) is 0 Å². The van der Waals surface area contributed by atoms with Crippen LogP contribution >= 0.6 is 21.6 Å². The van der Waals surface area contributed by atoms with Crippen LogP contribution in [0, 0.1) is 17.7 Å². The van der Waals surface area contributed by atoms with Crippen LogP contribution in [0.5, 0.6) is 0 Å². The van der Waals surface area contributed by atoms with Gasteiger partial charge >= 0.3 is 6.09 Å². The van der Waals surface area contributed by atoms with E-state index in [0.29, 0.717) is 25.7 Å². The maximum absolute atomic E-state index is 11.4. The lowest BCUT2D eigenvalue weighted by Crippen LogP contribution is -2.29. The zero-order chi connectivity index (χ0) is 19.0. The maximum atomic E-state index is 11.4. The van der Waals surface area contributed by atoms with Crippen molar-refractivity contribution in [1.29, 1.82) is 0 Å². The molecule has 0 aromatic carbocycles. The van der Waals surface area contributed by atoms with Crippen LogP contribution in [0.1, 0.15) is 40.5 Å². The summed E-state index contributed by atoms with van der Waals surface area (Å²) in [7, 11) is 8.53. The van der Waals surface area contributed by atoms with E-state index in [1.54, 1.807) is 10.8 Å². The number of rotatable bonds is 14. The zero-order valence-electron chi connectivity index (χ0n) is 15.8. The standard InChI is InChI=1S/C17H30BNO4S2/c1-15(2)6-7-17(3,4)25-24-14-22-12-13-23-16(20)19-9-11-21-10-5-8-18/h15H,6-7,9-14H2,1-4H3,(H,19,20). The Balaban J connectivity index is 3.44. The molecule has 0 fully saturated rings. The second-order valence-corrected chi connectivity index (χ2v) is 9.31.